The Labute approximate surface area is 123 Å². The zero-order valence-electron chi connectivity index (χ0n) is 11.6. The molecule has 0 aromatic heterocycles. The fourth-order valence-electron chi connectivity index (χ4n) is 1.47. The lowest BCUT2D eigenvalue weighted by atomic mass is 10.1. The quantitative estimate of drug-likeness (QED) is 0.623. The molecule has 0 unspecified atom stereocenters. The molecule has 20 heavy (non-hydrogen) atoms. The van der Waals surface area contributed by atoms with Gasteiger partial charge in [0.2, 0.25) is 0 Å². The zero-order valence-corrected chi connectivity index (χ0v) is 12.4. The number of halogens is 1. The Hall–Kier alpha value is -1.75. The number of rotatable bonds is 6. The first-order valence-corrected chi connectivity index (χ1v) is 6.76. The predicted octanol–water partition coefficient (Wildman–Crippen LogP) is 2.24. The number of anilines is 1. The van der Waals surface area contributed by atoms with Crippen LogP contribution in [0.1, 0.15) is 30.6 Å². The van der Waals surface area contributed by atoms with Gasteiger partial charge in [0.25, 0.3) is 5.91 Å². The van der Waals surface area contributed by atoms with Gasteiger partial charge in [0, 0.05) is 17.3 Å². The molecule has 0 aliphatic rings. The first-order chi connectivity index (χ1) is 9.40. The number of nitrogen functional groups attached to an aromatic ring is 1. The normalized spacial score (nSPS) is 10.4. The molecule has 0 saturated carbocycles. The highest BCUT2D eigenvalue weighted by molar-refractivity contribution is 6.31. The van der Waals surface area contributed by atoms with Crippen molar-refractivity contribution in [1.82, 2.24) is 5.32 Å². The molecule has 0 radical (unpaired) electrons. The Morgan fingerprint density at radius 1 is 1.40 bits per heavy atom. The van der Waals surface area contributed by atoms with Gasteiger partial charge in [0.1, 0.15) is 0 Å². The number of benzene rings is 1. The van der Waals surface area contributed by atoms with Crippen molar-refractivity contribution in [1.29, 1.82) is 0 Å². The van der Waals surface area contributed by atoms with E-state index in [4.69, 9.17) is 22.1 Å². The molecular weight excluding hydrogens is 280 g/mol. The second-order valence-electron chi connectivity index (χ2n) is 4.84. The highest BCUT2D eigenvalue weighted by Crippen LogP contribution is 2.18. The van der Waals surface area contributed by atoms with E-state index in [2.05, 4.69) is 19.2 Å². The third-order valence-electron chi connectivity index (χ3n) is 2.61. The molecule has 5 nitrogen and oxygen atoms in total. The largest absolute Gasteiger partial charge is 0.452 e. The van der Waals surface area contributed by atoms with Crippen LogP contribution in [0.25, 0.3) is 0 Å². The maximum atomic E-state index is 11.8. The average Bonchev–Trinajstić information content (AvgIpc) is 2.38. The van der Waals surface area contributed by atoms with Gasteiger partial charge in [-0.25, -0.2) is 4.79 Å². The number of esters is 1. The number of hydrogen-bond donors (Lipinski definition) is 2. The minimum atomic E-state index is -0.663. The molecule has 1 aromatic rings. The van der Waals surface area contributed by atoms with E-state index in [0.29, 0.717) is 17.5 Å². The maximum absolute atomic E-state index is 11.8. The van der Waals surface area contributed by atoms with Crippen LogP contribution in [0, 0.1) is 5.92 Å². The molecule has 0 spiro atoms. The van der Waals surface area contributed by atoms with E-state index in [1.165, 1.54) is 12.1 Å². The van der Waals surface area contributed by atoms with Crippen molar-refractivity contribution >= 4 is 29.2 Å². The van der Waals surface area contributed by atoms with Crippen LogP contribution >= 0.6 is 11.6 Å². The first kappa shape index (κ1) is 16.3. The second-order valence-corrected chi connectivity index (χ2v) is 5.28. The minimum Gasteiger partial charge on any atom is -0.452 e. The van der Waals surface area contributed by atoms with Crippen LogP contribution < -0.4 is 11.1 Å². The lowest BCUT2D eigenvalue weighted by molar-refractivity contribution is -0.124. The van der Waals surface area contributed by atoms with Crippen LogP contribution in [0.15, 0.2) is 18.2 Å². The van der Waals surface area contributed by atoms with Crippen molar-refractivity contribution in [3.05, 3.63) is 28.8 Å². The molecule has 0 aliphatic heterocycles. The standard InChI is InChI=1S/C14H19ClN2O3/c1-9(2)5-6-17-13(18)8-20-14(19)11-7-10(15)3-4-12(11)16/h3-4,7,9H,5-6,8,16H2,1-2H3,(H,17,18). The summed E-state index contributed by atoms with van der Waals surface area (Å²) in [6.45, 7) is 4.36. The molecule has 1 amide bonds. The van der Waals surface area contributed by atoms with Crippen LogP contribution in [-0.4, -0.2) is 25.0 Å². The molecule has 0 aliphatic carbocycles. The molecule has 1 rings (SSSR count). The van der Waals surface area contributed by atoms with Crippen LogP contribution in [0.4, 0.5) is 5.69 Å². The van der Waals surface area contributed by atoms with Crippen molar-refractivity contribution in [3.63, 3.8) is 0 Å². The molecule has 0 fully saturated rings. The Balaban J connectivity index is 2.43. The van der Waals surface area contributed by atoms with E-state index < -0.39 is 5.97 Å². The topological polar surface area (TPSA) is 81.4 Å². The fraction of sp³-hybridized carbons (Fsp3) is 0.429. The van der Waals surface area contributed by atoms with Crippen LogP contribution in [0.5, 0.6) is 0 Å². The molecule has 0 bridgehead atoms. The SMILES string of the molecule is CC(C)CCNC(=O)COC(=O)c1cc(Cl)ccc1N. The van der Waals surface area contributed by atoms with Gasteiger partial charge in [0.15, 0.2) is 6.61 Å². The van der Waals surface area contributed by atoms with Gasteiger partial charge in [0.05, 0.1) is 5.56 Å². The molecule has 0 atom stereocenters. The van der Waals surface area contributed by atoms with Gasteiger partial charge >= 0.3 is 5.97 Å². The molecule has 0 saturated heterocycles. The van der Waals surface area contributed by atoms with Crippen molar-refractivity contribution in [3.8, 4) is 0 Å². The van der Waals surface area contributed by atoms with Crippen molar-refractivity contribution < 1.29 is 14.3 Å². The van der Waals surface area contributed by atoms with Crippen LogP contribution in [0.3, 0.4) is 0 Å². The van der Waals surface area contributed by atoms with Gasteiger partial charge < -0.3 is 15.8 Å². The predicted molar refractivity (Wildman–Crippen MR) is 78.6 cm³/mol. The van der Waals surface area contributed by atoms with Crippen LogP contribution in [0.2, 0.25) is 5.02 Å². The van der Waals surface area contributed by atoms with Crippen molar-refractivity contribution in [2.75, 3.05) is 18.9 Å². The van der Waals surface area contributed by atoms with E-state index in [1.54, 1.807) is 6.07 Å². The summed E-state index contributed by atoms with van der Waals surface area (Å²) in [5.74, 6) is -0.493. The van der Waals surface area contributed by atoms with E-state index in [9.17, 15) is 9.59 Å². The van der Waals surface area contributed by atoms with Crippen molar-refractivity contribution in [2.45, 2.75) is 20.3 Å². The maximum Gasteiger partial charge on any atom is 0.340 e. The van der Waals surface area contributed by atoms with Gasteiger partial charge in [-0.1, -0.05) is 25.4 Å². The molecular formula is C14H19ClN2O3. The summed E-state index contributed by atoms with van der Waals surface area (Å²) in [7, 11) is 0. The molecule has 1 aromatic carbocycles. The highest BCUT2D eigenvalue weighted by Gasteiger charge is 2.13. The van der Waals surface area contributed by atoms with Crippen molar-refractivity contribution in [2.24, 2.45) is 5.92 Å². The second kappa shape index (κ2) is 7.75. The van der Waals surface area contributed by atoms with Gasteiger partial charge in [-0.3, -0.25) is 4.79 Å². The number of nitrogens with one attached hydrogen (secondary N) is 1. The Bertz CT molecular complexity index is 489. The molecule has 110 valence electrons. The molecule has 3 N–H and O–H groups in total. The summed E-state index contributed by atoms with van der Waals surface area (Å²) in [5, 5.41) is 3.06. The van der Waals surface area contributed by atoms with E-state index >= 15 is 0 Å². The summed E-state index contributed by atoms with van der Waals surface area (Å²) in [6, 6.07) is 4.50. The summed E-state index contributed by atoms with van der Waals surface area (Å²) in [5.41, 5.74) is 6.07. The van der Waals surface area contributed by atoms with E-state index in [1.807, 2.05) is 0 Å². The number of carbonyl (C=O) groups is 2. The zero-order chi connectivity index (χ0) is 15.1. The smallest absolute Gasteiger partial charge is 0.340 e. The Morgan fingerprint density at radius 3 is 2.75 bits per heavy atom. The highest BCUT2D eigenvalue weighted by atomic mass is 35.5. The lowest BCUT2D eigenvalue weighted by Crippen LogP contribution is -2.30. The summed E-state index contributed by atoms with van der Waals surface area (Å²) in [4.78, 5) is 23.2. The van der Waals surface area contributed by atoms with Gasteiger partial charge in [-0.2, -0.15) is 0 Å². The van der Waals surface area contributed by atoms with Gasteiger partial charge in [-0.05, 0) is 30.5 Å². The van der Waals surface area contributed by atoms with Gasteiger partial charge in [-0.15, -0.1) is 0 Å². The molecule has 6 heteroatoms. The average molecular weight is 299 g/mol. The number of carbonyl (C=O) groups excluding carboxylic acids is 2. The summed E-state index contributed by atoms with van der Waals surface area (Å²) < 4.78 is 4.89. The first-order valence-electron chi connectivity index (χ1n) is 6.39. The Morgan fingerprint density at radius 2 is 2.10 bits per heavy atom. The van der Waals surface area contributed by atoms with E-state index in [-0.39, 0.29) is 23.8 Å². The summed E-state index contributed by atoms with van der Waals surface area (Å²) >= 11 is 5.78. The van der Waals surface area contributed by atoms with Crippen LogP contribution in [-0.2, 0) is 9.53 Å². The number of amides is 1. The number of ether oxygens (including phenoxy) is 1. The monoisotopic (exact) mass is 298 g/mol. The third-order valence-corrected chi connectivity index (χ3v) is 2.85. The lowest BCUT2D eigenvalue weighted by Gasteiger charge is -2.09. The molecule has 0 heterocycles. The minimum absolute atomic E-state index is 0.160. The third kappa shape index (κ3) is 5.48. The van der Waals surface area contributed by atoms with E-state index in [0.717, 1.165) is 6.42 Å². The fourth-order valence-corrected chi connectivity index (χ4v) is 1.64. The Kier molecular flexibility index (Phi) is 6.31. The number of hydrogen-bond acceptors (Lipinski definition) is 4. The summed E-state index contributed by atoms with van der Waals surface area (Å²) in [6.07, 6.45) is 0.876. The number of nitrogens with two attached hydrogens (primary N) is 1.